The van der Waals surface area contributed by atoms with Gasteiger partial charge in [-0.15, -0.1) is 0 Å². The molecule has 166 valence electrons. The van der Waals surface area contributed by atoms with Crippen LogP contribution in [0.2, 0.25) is 0 Å². The smallest absolute Gasteiger partial charge is 0.550 e. The first-order valence-electron chi connectivity index (χ1n) is 11.1. The van der Waals surface area contributed by atoms with E-state index in [1.165, 1.54) is 0 Å². The van der Waals surface area contributed by atoms with Crippen LogP contribution in [0.3, 0.4) is 0 Å². The predicted molar refractivity (Wildman–Crippen MR) is 124 cm³/mol. The number of nitrogens with zero attached hydrogens (tertiary/aromatic N) is 2. The number of carboxylic acid groups (broad SMARTS) is 1. The molecule has 1 heterocycles. The SMILES string of the molecule is CN(Cc1nc2ccccc2[nH]1)C(=O)c1ccc2c(c1)Cc1ccccc1C(CC(=O)[O-])C2.[Na+]. The Morgan fingerprint density at radius 2 is 1.79 bits per heavy atom. The van der Waals surface area contributed by atoms with E-state index in [4.69, 9.17) is 0 Å². The summed E-state index contributed by atoms with van der Waals surface area (Å²) < 4.78 is 0. The number of carbonyl (C=O) groups is 2. The first kappa shape index (κ1) is 24.2. The number of hydrogen-bond donors (Lipinski definition) is 1. The number of imidazole rings is 1. The van der Waals surface area contributed by atoms with Crippen LogP contribution in [0.4, 0.5) is 0 Å². The van der Waals surface area contributed by atoms with E-state index < -0.39 is 5.97 Å². The summed E-state index contributed by atoms with van der Waals surface area (Å²) in [6.45, 7) is 0.376. The van der Waals surface area contributed by atoms with E-state index in [0.717, 1.165) is 39.1 Å². The van der Waals surface area contributed by atoms with Crippen LogP contribution in [0.25, 0.3) is 11.0 Å². The maximum Gasteiger partial charge on any atom is 1.00 e. The fourth-order valence-corrected chi connectivity index (χ4v) is 4.78. The maximum atomic E-state index is 13.2. The molecule has 5 rings (SSSR count). The third-order valence-corrected chi connectivity index (χ3v) is 6.38. The summed E-state index contributed by atoms with van der Waals surface area (Å²) in [4.78, 5) is 34.0. The van der Waals surface area contributed by atoms with Crippen molar-refractivity contribution in [1.82, 2.24) is 14.9 Å². The van der Waals surface area contributed by atoms with Gasteiger partial charge in [0.05, 0.1) is 17.6 Å². The van der Waals surface area contributed by atoms with Crippen LogP contribution < -0.4 is 34.7 Å². The Labute approximate surface area is 220 Å². The molecule has 0 saturated heterocycles. The number of nitrogens with one attached hydrogen (secondary N) is 1. The van der Waals surface area contributed by atoms with Crippen LogP contribution in [0, 0.1) is 0 Å². The molecule has 1 unspecified atom stereocenters. The van der Waals surface area contributed by atoms with Crippen molar-refractivity contribution in [2.45, 2.75) is 31.7 Å². The molecule has 0 bridgehead atoms. The molecule has 1 aliphatic rings. The first-order chi connectivity index (χ1) is 16.0. The average Bonchev–Trinajstić information content (AvgIpc) is 3.14. The molecule has 34 heavy (non-hydrogen) atoms. The molecule has 1 amide bonds. The van der Waals surface area contributed by atoms with Crippen molar-refractivity contribution in [3.63, 3.8) is 0 Å². The van der Waals surface area contributed by atoms with Gasteiger partial charge in [-0.2, -0.15) is 0 Å². The molecule has 0 radical (unpaired) electrons. The van der Waals surface area contributed by atoms with Gasteiger partial charge in [0.2, 0.25) is 0 Å². The number of amides is 1. The van der Waals surface area contributed by atoms with Crippen molar-refractivity contribution in [3.8, 4) is 0 Å². The Hall–Kier alpha value is -2.93. The Bertz CT molecular complexity index is 1330. The third-order valence-electron chi connectivity index (χ3n) is 6.38. The Balaban J connectivity index is 0.00000274. The van der Waals surface area contributed by atoms with Crippen molar-refractivity contribution in [2.75, 3.05) is 7.05 Å². The summed E-state index contributed by atoms with van der Waals surface area (Å²) in [5, 5.41) is 11.4. The summed E-state index contributed by atoms with van der Waals surface area (Å²) in [6, 6.07) is 21.5. The number of H-pyrrole nitrogens is 1. The molecule has 3 aromatic carbocycles. The Morgan fingerprint density at radius 3 is 2.59 bits per heavy atom. The fourth-order valence-electron chi connectivity index (χ4n) is 4.78. The molecular weight excluding hydrogens is 437 g/mol. The van der Waals surface area contributed by atoms with Crippen molar-refractivity contribution in [3.05, 3.63) is 100 Å². The molecule has 0 fully saturated rings. The topological polar surface area (TPSA) is 89.1 Å². The second kappa shape index (κ2) is 10.1. The summed E-state index contributed by atoms with van der Waals surface area (Å²) in [6.07, 6.45) is 1.27. The van der Waals surface area contributed by atoms with E-state index in [9.17, 15) is 14.7 Å². The number of carbonyl (C=O) groups excluding carboxylic acids is 2. The quantitative estimate of drug-likeness (QED) is 0.431. The molecule has 4 aromatic rings. The minimum atomic E-state index is -1.04. The van der Waals surface area contributed by atoms with E-state index in [0.29, 0.717) is 24.9 Å². The van der Waals surface area contributed by atoms with Gasteiger partial charge >= 0.3 is 29.6 Å². The molecule has 0 aliphatic heterocycles. The van der Waals surface area contributed by atoms with Crippen LogP contribution in [0.15, 0.2) is 66.7 Å². The number of rotatable bonds is 5. The van der Waals surface area contributed by atoms with Crippen LogP contribution in [0.5, 0.6) is 0 Å². The first-order valence-corrected chi connectivity index (χ1v) is 11.1. The zero-order valence-electron chi connectivity index (χ0n) is 19.4. The molecule has 1 atom stereocenters. The number of aromatic amines is 1. The second-order valence-corrected chi connectivity index (χ2v) is 8.70. The van der Waals surface area contributed by atoms with E-state index in [-0.39, 0.29) is 47.8 Å². The van der Waals surface area contributed by atoms with E-state index in [2.05, 4.69) is 9.97 Å². The van der Waals surface area contributed by atoms with Crippen molar-refractivity contribution < 1.29 is 44.3 Å². The maximum absolute atomic E-state index is 13.2. The van der Waals surface area contributed by atoms with Crippen LogP contribution in [-0.4, -0.2) is 33.8 Å². The minimum Gasteiger partial charge on any atom is -0.550 e. The molecule has 0 saturated carbocycles. The normalized spacial score (nSPS) is 14.4. The zero-order valence-corrected chi connectivity index (χ0v) is 21.4. The number of benzene rings is 3. The monoisotopic (exact) mass is 461 g/mol. The van der Waals surface area contributed by atoms with E-state index in [1.54, 1.807) is 11.9 Å². The van der Waals surface area contributed by atoms with Gasteiger partial charge in [-0.3, -0.25) is 4.79 Å². The minimum absolute atomic E-state index is 0. The predicted octanol–water partition coefficient (Wildman–Crippen LogP) is 0.210. The summed E-state index contributed by atoms with van der Waals surface area (Å²) in [7, 11) is 1.77. The fraction of sp³-hybridized carbons (Fsp3) is 0.222. The van der Waals surface area contributed by atoms with Gasteiger partial charge < -0.3 is 19.8 Å². The van der Waals surface area contributed by atoms with Crippen molar-refractivity contribution >= 4 is 22.9 Å². The zero-order chi connectivity index (χ0) is 22.9. The number of fused-ring (bicyclic) bond motifs is 3. The van der Waals surface area contributed by atoms with Gasteiger partial charge in [0.25, 0.3) is 5.91 Å². The van der Waals surface area contributed by atoms with Gasteiger partial charge in [-0.25, -0.2) is 4.98 Å². The number of para-hydroxylation sites is 2. The van der Waals surface area contributed by atoms with Gasteiger partial charge in [-0.1, -0.05) is 42.5 Å². The summed E-state index contributed by atoms with van der Waals surface area (Å²) >= 11 is 0. The third kappa shape index (κ3) is 4.94. The average molecular weight is 461 g/mol. The largest absolute Gasteiger partial charge is 1.00 e. The van der Waals surface area contributed by atoms with Gasteiger partial charge in [0.15, 0.2) is 0 Å². The van der Waals surface area contributed by atoms with Gasteiger partial charge in [0.1, 0.15) is 5.82 Å². The number of carboxylic acids is 1. The summed E-state index contributed by atoms with van der Waals surface area (Å²) in [5.41, 5.74) is 6.73. The van der Waals surface area contributed by atoms with E-state index in [1.807, 2.05) is 66.7 Å². The van der Waals surface area contributed by atoms with Crippen LogP contribution in [-0.2, 0) is 24.2 Å². The van der Waals surface area contributed by atoms with Crippen LogP contribution in [0.1, 0.15) is 50.8 Å². The van der Waals surface area contributed by atoms with Gasteiger partial charge in [0, 0.05) is 18.6 Å². The second-order valence-electron chi connectivity index (χ2n) is 8.70. The number of hydrogen-bond acceptors (Lipinski definition) is 4. The molecule has 7 heteroatoms. The van der Waals surface area contributed by atoms with Crippen molar-refractivity contribution in [1.29, 1.82) is 0 Å². The number of aliphatic carboxylic acids is 1. The summed E-state index contributed by atoms with van der Waals surface area (Å²) in [5.74, 6) is -0.523. The van der Waals surface area contributed by atoms with Gasteiger partial charge in [-0.05, 0) is 71.7 Å². The molecule has 1 aliphatic carbocycles. The molecular formula is C27H24N3NaO3. The Morgan fingerprint density at radius 1 is 1.03 bits per heavy atom. The standard InChI is InChI=1S/C27H25N3O3.Na/c1-30(16-25-28-23-8-4-5-9-24(23)29-25)27(33)19-11-10-17-12-21(15-26(31)32)22-7-3-2-6-18(22)13-20(17)14-19;/h2-11,14,21H,12-13,15-16H2,1H3,(H,28,29)(H,31,32);/q;+1/p-1. The Kier molecular flexibility index (Phi) is 7.22. The molecule has 1 aromatic heterocycles. The molecule has 1 N–H and O–H groups in total. The van der Waals surface area contributed by atoms with E-state index >= 15 is 0 Å². The van der Waals surface area contributed by atoms with Crippen molar-refractivity contribution in [2.24, 2.45) is 0 Å². The number of aromatic nitrogens is 2. The van der Waals surface area contributed by atoms with Crippen LogP contribution >= 0.6 is 0 Å². The molecule has 0 spiro atoms. The molecule has 6 nitrogen and oxygen atoms in total.